The van der Waals surface area contributed by atoms with E-state index in [9.17, 15) is 4.39 Å². The van der Waals surface area contributed by atoms with E-state index in [0.717, 1.165) is 17.5 Å². The van der Waals surface area contributed by atoms with Crippen LogP contribution >= 0.6 is 0 Å². The van der Waals surface area contributed by atoms with Gasteiger partial charge < -0.3 is 9.47 Å². The number of hydrogen-bond donors (Lipinski definition) is 0. The summed E-state index contributed by atoms with van der Waals surface area (Å²) < 4.78 is 25.8. The molecule has 1 atom stereocenters. The lowest BCUT2D eigenvalue weighted by molar-refractivity contribution is -0.0390. The smallest absolute Gasteiger partial charge is 0.131 e. The third-order valence-electron chi connectivity index (χ3n) is 4.33. The highest BCUT2D eigenvalue weighted by Gasteiger charge is 2.30. The molecule has 0 bridgehead atoms. The molecule has 0 radical (unpaired) electrons. The molecule has 0 aliphatic rings. The summed E-state index contributed by atoms with van der Waals surface area (Å²) in [5.74, 6) is -0.211. The van der Waals surface area contributed by atoms with Crippen molar-refractivity contribution in [1.29, 1.82) is 0 Å². The molecule has 2 aromatic rings. The van der Waals surface area contributed by atoms with Crippen LogP contribution in [0.3, 0.4) is 0 Å². The van der Waals surface area contributed by atoms with Crippen LogP contribution in [-0.4, -0.2) is 20.3 Å². The first kappa shape index (κ1) is 19.6. The zero-order valence-corrected chi connectivity index (χ0v) is 15.9. The van der Waals surface area contributed by atoms with Gasteiger partial charge in [0, 0.05) is 12.7 Å². The Hall–Kier alpha value is -1.71. The standard InChI is InChI=1S/C22H29FO2/c1-6-16-11-12-17(18-9-7-8-10-20(18)23)19(15-16)21(22(2,3)4)25-14-13-24-5/h7-12,15,21H,6,13-14H2,1-5H3/t21-/m1/s1. The Morgan fingerprint density at radius 1 is 1.00 bits per heavy atom. The van der Waals surface area contributed by atoms with E-state index in [-0.39, 0.29) is 17.3 Å². The van der Waals surface area contributed by atoms with Gasteiger partial charge in [-0.3, -0.25) is 0 Å². The van der Waals surface area contributed by atoms with Gasteiger partial charge in [-0.05, 0) is 34.6 Å². The predicted molar refractivity (Wildman–Crippen MR) is 101 cm³/mol. The summed E-state index contributed by atoms with van der Waals surface area (Å²) in [5.41, 5.74) is 3.64. The summed E-state index contributed by atoms with van der Waals surface area (Å²) in [6.45, 7) is 9.61. The van der Waals surface area contributed by atoms with Gasteiger partial charge in [-0.1, -0.05) is 64.1 Å². The van der Waals surface area contributed by atoms with E-state index >= 15 is 0 Å². The molecule has 0 saturated heterocycles. The number of halogens is 1. The van der Waals surface area contributed by atoms with Crippen LogP contribution in [0.5, 0.6) is 0 Å². The van der Waals surface area contributed by atoms with Gasteiger partial charge in [0.25, 0.3) is 0 Å². The number of hydrogen-bond acceptors (Lipinski definition) is 2. The Bertz CT molecular complexity index is 689. The molecule has 0 fully saturated rings. The third kappa shape index (κ3) is 4.90. The molecule has 2 rings (SSSR count). The van der Waals surface area contributed by atoms with Gasteiger partial charge in [0.1, 0.15) is 5.82 Å². The van der Waals surface area contributed by atoms with Gasteiger partial charge in [0.15, 0.2) is 0 Å². The summed E-state index contributed by atoms with van der Waals surface area (Å²) in [5, 5.41) is 0. The minimum atomic E-state index is -0.211. The summed E-state index contributed by atoms with van der Waals surface area (Å²) in [4.78, 5) is 0. The first-order valence-corrected chi connectivity index (χ1v) is 8.86. The van der Waals surface area contributed by atoms with E-state index < -0.39 is 0 Å². The second kappa shape index (κ2) is 8.59. The van der Waals surface area contributed by atoms with E-state index in [2.05, 4.69) is 39.8 Å². The molecule has 0 unspecified atom stereocenters. The van der Waals surface area contributed by atoms with Gasteiger partial charge in [0.05, 0.1) is 19.3 Å². The Balaban J connectivity index is 2.56. The van der Waals surface area contributed by atoms with Crippen LogP contribution in [0, 0.1) is 11.2 Å². The maximum atomic E-state index is 14.4. The van der Waals surface area contributed by atoms with E-state index in [0.29, 0.717) is 18.8 Å². The van der Waals surface area contributed by atoms with Crippen molar-refractivity contribution in [2.24, 2.45) is 5.41 Å². The second-order valence-electron chi connectivity index (χ2n) is 7.36. The highest BCUT2D eigenvalue weighted by Crippen LogP contribution is 2.41. The average molecular weight is 344 g/mol. The minimum Gasteiger partial charge on any atom is -0.382 e. The van der Waals surface area contributed by atoms with Gasteiger partial charge >= 0.3 is 0 Å². The Labute approximate surface area is 151 Å². The van der Waals surface area contributed by atoms with Crippen LogP contribution in [0.25, 0.3) is 11.1 Å². The van der Waals surface area contributed by atoms with Crippen molar-refractivity contribution in [2.45, 2.75) is 40.2 Å². The highest BCUT2D eigenvalue weighted by molar-refractivity contribution is 5.69. The predicted octanol–water partition coefficient (Wildman–Crippen LogP) is 5.81. The summed E-state index contributed by atoms with van der Waals surface area (Å²) in [7, 11) is 1.66. The Morgan fingerprint density at radius 2 is 1.72 bits per heavy atom. The van der Waals surface area contributed by atoms with Crippen molar-refractivity contribution in [1.82, 2.24) is 0 Å². The molecular weight excluding hydrogens is 315 g/mol. The molecule has 0 aliphatic carbocycles. The molecule has 0 saturated carbocycles. The van der Waals surface area contributed by atoms with E-state index in [1.165, 1.54) is 11.6 Å². The van der Waals surface area contributed by atoms with Gasteiger partial charge in [-0.25, -0.2) is 4.39 Å². The average Bonchev–Trinajstić information content (AvgIpc) is 2.58. The first-order valence-electron chi connectivity index (χ1n) is 8.86. The zero-order valence-electron chi connectivity index (χ0n) is 15.9. The normalized spacial score (nSPS) is 13.0. The molecule has 2 aromatic carbocycles. The monoisotopic (exact) mass is 344 g/mol. The quantitative estimate of drug-likeness (QED) is 0.591. The van der Waals surface area contributed by atoms with Crippen LogP contribution in [-0.2, 0) is 15.9 Å². The van der Waals surface area contributed by atoms with Crippen molar-refractivity contribution < 1.29 is 13.9 Å². The van der Waals surface area contributed by atoms with Crippen molar-refractivity contribution in [3.63, 3.8) is 0 Å². The lowest BCUT2D eigenvalue weighted by atomic mass is 9.80. The highest BCUT2D eigenvalue weighted by atomic mass is 19.1. The zero-order chi connectivity index (χ0) is 18.4. The van der Waals surface area contributed by atoms with Crippen molar-refractivity contribution in [3.05, 3.63) is 59.4 Å². The molecule has 0 N–H and O–H groups in total. The fraction of sp³-hybridized carbons (Fsp3) is 0.455. The molecule has 2 nitrogen and oxygen atoms in total. The van der Waals surface area contributed by atoms with Crippen LogP contribution in [0.1, 0.15) is 44.9 Å². The lowest BCUT2D eigenvalue weighted by Gasteiger charge is -2.33. The van der Waals surface area contributed by atoms with Gasteiger partial charge in [0.2, 0.25) is 0 Å². The maximum absolute atomic E-state index is 14.4. The van der Waals surface area contributed by atoms with Gasteiger partial charge in [-0.2, -0.15) is 0 Å². The van der Waals surface area contributed by atoms with E-state index in [4.69, 9.17) is 9.47 Å². The van der Waals surface area contributed by atoms with Gasteiger partial charge in [-0.15, -0.1) is 0 Å². The fourth-order valence-electron chi connectivity index (χ4n) is 3.03. The molecule has 0 amide bonds. The molecule has 0 aliphatic heterocycles. The molecule has 136 valence electrons. The SMILES string of the molecule is CCc1ccc(-c2ccccc2F)c([C@@H](OCCOC)C(C)(C)C)c1. The van der Waals surface area contributed by atoms with Crippen molar-refractivity contribution in [3.8, 4) is 11.1 Å². The molecule has 25 heavy (non-hydrogen) atoms. The van der Waals surface area contributed by atoms with Crippen LogP contribution in [0.15, 0.2) is 42.5 Å². The van der Waals surface area contributed by atoms with E-state index in [1.54, 1.807) is 13.2 Å². The van der Waals surface area contributed by atoms with Crippen LogP contribution in [0.4, 0.5) is 4.39 Å². The first-order chi connectivity index (χ1) is 11.9. The number of aryl methyl sites for hydroxylation is 1. The van der Waals surface area contributed by atoms with Crippen LogP contribution in [0.2, 0.25) is 0 Å². The third-order valence-corrected chi connectivity index (χ3v) is 4.33. The molecule has 0 heterocycles. The van der Waals surface area contributed by atoms with Crippen molar-refractivity contribution in [2.75, 3.05) is 20.3 Å². The minimum absolute atomic E-state index is 0.125. The molecule has 0 aromatic heterocycles. The Kier molecular flexibility index (Phi) is 6.74. The summed E-state index contributed by atoms with van der Waals surface area (Å²) in [6.07, 6.45) is 0.781. The summed E-state index contributed by atoms with van der Waals surface area (Å²) >= 11 is 0. The molecular formula is C22H29FO2. The summed E-state index contributed by atoms with van der Waals surface area (Å²) in [6, 6.07) is 13.2. The van der Waals surface area contributed by atoms with Crippen LogP contribution < -0.4 is 0 Å². The lowest BCUT2D eigenvalue weighted by Crippen LogP contribution is -2.24. The van der Waals surface area contributed by atoms with E-state index in [1.807, 2.05) is 18.2 Å². The molecule has 3 heteroatoms. The Morgan fingerprint density at radius 3 is 2.32 bits per heavy atom. The number of benzene rings is 2. The number of rotatable bonds is 7. The fourth-order valence-corrected chi connectivity index (χ4v) is 3.03. The maximum Gasteiger partial charge on any atom is 0.131 e. The van der Waals surface area contributed by atoms with Crippen molar-refractivity contribution >= 4 is 0 Å². The number of ether oxygens (including phenoxy) is 2. The second-order valence-corrected chi connectivity index (χ2v) is 7.36. The largest absolute Gasteiger partial charge is 0.382 e. The molecule has 0 spiro atoms. The topological polar surface area (TPSA) is 18.5 Å². The number of methoxy groups -OCH3 is 1.